The molecule has 1 aliphatic rings. The molecule has 1 fully saturated rings. The predicted octanol–water partition coefficient (Wildman–Crippen LogP) is 2.68. The van der Waals surface area contributed by atoms with Crippen LogP contribution < -0.4 is 5.32 Å². The number of hydrogen-bond donors (Lipinski definition) is 1. The first-order valence-corrected chi connectivity index (χ1v) is 7.21. The molecular formula is C13H23N3S. The number of aromatic nitrogens is 2. The summed E-state index contributed by atoms with van der Waals surface area (Å²) in [4.78, 5) is 1.29. The fraction of sp³-hybridized carbons (Fsp3) is 0.769. The number of nitrogens with one attached hydrogen (secondary N) is 1. The molecule has 2 rings (SSSR count). The number of thioether (sulfide) groups is 1. The molecule has 96 valence electrons. The van der Waals surface area contributed by atoms with Crippen LogP contribution in [0.3, 0.4) is 0 Å². The maximum atomic E-state index is 4.24. The second-order valence-electron chi connectivity index (χ2n) is 5.81. The van der Waals surface area contributed by atoms with Gasteiger partial charge in [0.1, 0.15) is 0 Å². The van der Waals surface area contributed by atoms with Gasteiger partial charge in [0, 0.05) is 29.4 Å². The highest BCUT2D eigenvalue weighted by Gasteiger charge is 2.34. The summed E-state index contributed by atoms with van der Waals surface area (Å²) < 4.78 is 1.88. The molecule has 0 aromatic carbocycles. The third kappa shape index (κ3) is 3.26. The van der Waals surface area contributed by atoms with E-state index in [1.165, 1.54) is 24.2 Å². The van der Waals surface area contributed by atoms with E-state index < -0.39 is 0 Å². The minimum absolute atomic E-state index is 0.479. The average Bonchev–Trinajstić information content (AvgIpc) is 2.63. The van der Waals surface area contributed by atoms with Gasteiger partial charge in [-0.05, 0) is 31.7 Å². The van der Waals surface area contributed by atoms with Crippen LogP contribution in [0.1, 0.15) is 33.1 Å². The molecule has 0 spiro atoms. The molecule has 2 unspecified atom stereocenters. The van der Waals surface area contributed by atoms with Gasteiger partial charge in [0.2, 0.25) is 0 Å². The summed E-state index contributed by atoms with van der Waals surface area (Å²) in [6.45, 7) is 4.77. The van der Waals surface area contributed by atoms with Crippen molar-refractivity contribution in [3.8, 4) is 0 Å². The predicted molar refractivity (Wildman–Crippen MR) is 73.3 cm³/mol. The van der Waals surface area contributed by atoms with Gasteiger partial charge in [-0.1, -0.05) is 13.8 Å². The molecule has 1 saturated carbocycles. The van der Waals surface area contributed by atoms with Crippen molar-refractivity contribution in [3.05, 3.63) is 12.4 Å². The lowest BCUT2D eigenvalue weighted by atomic mass is 9.75. The van der Waals surface area contributed by atoms with E-state index in [4.69, 9.17) is 0 Å². The van der Waals surface area contributed by atoms with Crippen molar-refractivity contribution < 1.29 is 0 Å². The summed E-state index contributed by atoms with van der Waals surface area (Å²) in [7, 11) is 4.06. The Balaban J connectivity index is 2.05. The van der Waals surface area contributed by atoms with Crippen molar-refractivity contribution in [3.63, 3.8) is 0 Å². The second-order valence-corrected chi connectivity index (χ2v) is 7.12. The van der Waals surface area contributed by atoms with E-state index in [0.29, 0.717) is 16.7 Å². The Morgan fingerprint density at radius 3 is 2.88 bits per heavy atom. The van der Waals surface area contributed by atoms with Gasteiger partial charge < -0.3 is 5.32 Å². The average molecular weight is 253 g/mol. The van der Waals surface area contributed by atoms with Crippen molar-refractivity contribution in [1.82, 2.24) is 15.1 Å². The van der Waals surface area contributed by atoms with E-state index in [-0.39, 0.29) is 0 Å². The Kier molecular flexibility index (Phi) is 3.83. The van der Waals surface area contributed by atoms with Gasteiger partial charge in [-0.15, -0.1) is 11.8 Å². The van der Waals surface area contributed by atoms with Crippen LogP contribution in [-0.4, -0.2) is 28.1 Å². The Hall–Kier alpha value is -0.480. The third-order valence-corrected chi connectivity index (χ3v) is 4.96. The number of aryl methyl sites for hydroxylation is 1. The van der Waals surface area contributed by atoms with Gasteiger partial charge in [0.15, 0.2) is 0 Å². The molecule has 17 heavy (non-hydrogen) atoms. The molecule has 1 heterocycles. The minimum atomic E-state index is 0.479. The first-order chi connectivity index (χ1) is 8.00. The van der Waals surface area contributed by atoms with E-state index in [1.807, 2.05) is 29.7 Å². The normalized spacial score (nSPS) is 28.2. The minimum Gasteiger partial charge on any atom is -0.316 e. The van der Waals surface area contributed by atoms with Gasteiger partial charge in [0.25, 0.3) is 0 Å². The number of rotatable bonds is 3. The van der Waals surface area contributed by atoms with Crippen molar-refractivity contribution in [2.24, 2.45) is 12.5 Å². The van der Waals surface area contributed by atoms with Gasteiger partial charge in [0.05, 0.1) is 6.20 Å². The van der Waals surface area contributed by atoms with Crippen molar-refractivity contribution in [2.45, 2.75) is 49.3 Å². The standard InChI is InChI=1S/C13H23N3S/c1-13(2)6-5-11(14-3)12(7-13)17-10-8-15-16(4)9-10/h8-9,11-12,14H,5-7H2,1-4H3. The van der Waals surface area contributed by atoms with Crippen LogP contribution in [-0.2, 0) is 7.05 Å². The molecule has 0 radical (unpaired) electrons. The van der Waals surface area contributed by atoms with Crippen LogP contribution in [0.15, 0.2) is 17.3 Å². The topological polar surface area (TPSA) is 29.9 Å². The highest BCUT2D eigenvalue weighted by molar-refractivity contribution is 8.00. The highest BCUT2D eigenvalue weighted by Crippen LogP contribution is 2.42. The van der Waals surface area contributed by atoms with Crippen molar-refractivity contribution in [2.75, 3.05) is 7.05 Å². The van der Waals surface area contributed by atoms with Crippen molar-refractivity contribution in [1.29, 1.82) is 0 Å². The molecule has 1 N–H and O–H groups in total. The first kappa shape index (κ1) is 13.0. The summed E-state index contributed by atoms with van der Waals surface area (Å²) in [6.07, 6.45) is 7.96. The van der Waals surface area contributed by atoms with Crippen LogP contribution in [0.25, 0.3) is 0 Å². The summed E-state index contributed by atoms with van der Waals surface area (Å²) in [5.41, 5.74) is 0.479. The summed E-state index contributed by atoms with van der Waals surface area (Å²) in [5.74, 6) is 0. The van der Waals surface area contributed by atoms with E-state index in [9.17, 15) is 0 Å². The molecule has 2 atom stereocenters. The molecule has 1 aliphatic carbocycles. The molecule has 0 amide bonds. The van der Waals surface area contributed by atoms with E-state index in [2.05, 4.69) is 37.5 Å². The lowest BCUT2D eigenvalue weighted by Crippen LogP contribution is -2.43. The molecule has 3 nitrogen and oxygen atoms in total. The second kappa shape index (κ2) is 5.02. The summed E-state index contributed by atoms with van der Waals surface area (Å²) in [5, 5.41) is 8.38. The van der Waals surface area contributed by atoms with Crippen molar-refractivity contribution >= 4 is 11.8 Å². The highest BCUT2D eigenvalue weighted by atomic mass is 32.2. The molecule has 1 aromatic rings. The van der Waals surface area contributed by atoms with E-state index >= 15 is 0 Å². The Labute approximate surface area is 108 Å². The fourth-order valence-electron chi connectivity index (χ4n) is 2.61. The zero-order chi connectivity index (χ0) is 12.5. The molecule has 4 heteroatoms. The zero-order valence-corrected chi connectivity index (χ0v) is 12.0. The van der Waals surface area contributed by atoms with Crippen LogP contribution in [0, 0.1) is 5.41 Å². The Bertz CT molecular complexity index is 372. The SMILES string of the molecule is CNC1CCC(C)(C)CC1Sc1cnn(C)c1. The zero-order valence-electron chi connectivity index (χ0n) is 11.2. The monoisotopic (exact) mass is 253 g/mol. The van der Waals surface area contributed by atoms with Gasteiger partial charge in [-0.2, -0.15) is 5.10 Å². The molecular weight excluding hydrogens is 230 g/mol. The lowest BCUT2D eigenvalue weighted by Gasteiger charge is -2.40. The van der Waals surface area contributed by atoms with E-state index in [1.54, 1.807) is 0 Å². The fourth-order valence-corrected chi connectivity index (χ4v) is 4.25. The summed E-state index contributed by atoms with van der Waals surface area (Å²) >= 11 is 1.97. The van der Waals surface area contributed by atoms with Crippen LogP contribution in [0.2, 0.25) is 0 Å². The van der Waals surface area contributed by atoms with Crippen LogP contribution >= 0.6 is 11.8 Å². The summed E-state index contributed by atoms with van der Waals surface area (Å²) in [6, 6.07) is 0.633. The number of nitrogens with zero attached hydrogens (tertiary/aromatic N) is 2. The van der Waals surface area contributed by atoms with Gasteiger partial charge >= 0.3 is 0 Å². The maximum absolute atomic E-state index is 4.24. The van der Waals surface area contributed by atoms with Gasteiger partial charge in [-0.3, -0.25) is 4.68 Å². The van der Waals surface area contributed by atoms with Gasteiger partial charge in [-0.25, -0.2) is 0 Å². The molecule has 1 aromatic heterocycles. The maximum Gasteiger partial charge on any atom is 0.0625 e. The Morgan fingerprint density at radius 2 is 2.29 bits per heavy atom. The first-order valence-electron chi connectivity index (χ1n) is 6.33. The van der Waals surface area contributed by atoms with Crippen LogP contribution in [0.4, 0.5) is 0 Å². The molecule has 0 saturated heterocycles. The molecule has 0 aliphatic heterocycles. The third-order valence-electron chi connectivity index (χ3n) is 3.67. The van der Waals surface area contributed by atoms with Crippen LogP contribution in [0.5, 0.6) is 0 Å². The quantitative estimate of drug-likeness (QED) is 0.898. The smallest absolute Gasteiger partial charge is 0.0625 e. The lowest BCUT2D eigenvalue weighted by molar-refractivity contribution is 0.218. The Morgan fingerprint density at radius 1 is 1.53 bits per heavy atom. The largest absolute Gasteiger partial charge is 0.316 e. The molecule has 0 bridgehead atoms. The van der Waals surface area contributed by atoms with E-state index in [0.717, 1.165) is 0 Å². The number of hydrogen-bond acceptors (Lipinski definition) is 3.